The van der Waals surface area contributed by atoms with Crippen LogP contribution in [-0.4, -0.2) is 18.1 Å². The Morgan fingerprint density at radius 1 is 1.04 bits per heavy atom. The Balaban J connectivity index is 0.000000583. The van der Waals surface area contributed by atoms with Crippen molar-refractivity contribution in [1.29, 1.82) is 0 Å². The fraction of sp³-hybridized carbons (Fsp3) is 0.381. The minimum atomic E-state index is -4.44. The molecule has 28 heavy (non-hydrogen) atoms. The minimum absolute atomic E-state index is 0. The van der Waals surface area contributed by atoms with Gasteiger partial charge in [0.25, 0.3) is 0 Å². The van der Waals surface area contributed by atoms with E-state index in [2.05, 4.69) is 16.8 Å². The molecule has 0 bridgehead atoms. The van der Waals surface area contributed by atoms with Crippen LogP contribution in [0.15, 0.2) is 42.6 Å². The molecule has 150 valence electrons. The Morgan fingerprint density at radius 3 is 2.18 bits per heavy atom. The molecule has 1 aromatic heterocycles. The van der Waals surface area contributed by atoms with Crippen molar-refractivity contribution >= 4 is 5.69 Å². The summed E-state index contributed by atoms with van der Waals surface area (Å²) in [5.41, 5.74) is 0.139. The number of hydrogen-bond acceptors (Lipinski definition) is 3. The smallest absolute Gasteiger partial charge is 0.456 e. The van der Waals surface area contributed by atoms with Gasteiger partial charge in [0.2, 0.25) is 0 Å². The maximum Gasteiger partial charge on any atom is 2.00 e. The molecule has 1 saturated heterocycles. The van der Waals surface area contributed by atoms with E-state index in [9.17, 15) is 13.2 Å². The summed E-state index contributed by atoms with van der Waals surface area (Å²) in [6.45, 7) is 5.79. The molecule has 0 amide bonds. The molecule has 0 N–H and O–H groups in total. The first kappa shape index (κ1) is 24.8. The first-order valence-corrected chi connectivity index (χ1v) is 8.81. The van der Waals surface area contributed by atoms with Crippen molar-refractivity contribution in [1.82, 2.24) is 4.98 Å². The van der Waals surface area contributed by atoms with Gasteiger partial charge >= 0.3 is 37.3 Å². The summed E-state index contributed by atoms with van der Waals surface area (Å²) in [6.07, 6.45) is 1.75. The quantitative estimate of drug-likeness (QED) is 0.386. The summed E-state index contributed by atoms with van der Waals surface area (Å²) in [5, 5.41) is 0. The van der Waals surface area contributed by atoms with Crippen molar-refractivity contribution < 1.29 is 49.0 Å². The van der Waals surface area contributed by atoms with Gasteiger partial charge in [0.1, 0.15) is 17.2 Å². The fourth-order valence-electron chi connectivity index (χ4n) is 2.58. The van der Waals surface area contributed by atoms with Crippen molar-refractivity contribution in [2.24, 2.45) is 5.92 Å². The molecule has 2 heterocycles. The number of nitrogens with zero attached hydrogens (tertiary/aromatic N) is 2. The summed E-state index contributed by atoms with van der Waals surface area (Å²) in [5.74, 6) is 1.71. The fourth-order valence-corrected chi connectivity index (χ4v) is 2.58. The second kappa shape index (κ2) is 11.1. The molecule has 2 fully saturated rings. The Kier molecular flexibility index (Phi) is 9.86. The van der Waals surface area contributed by atoms with E-state index in [-0.39, 0.29) is 44.3 Å². The van der Waals surface area contributed by atoms with E-state index < -0.39 is 11.9 Å². The molecule has 4 rings (SSSR count). The molecule has 7 heteroatoms. The molecule has 0 spiro atoms. The predicted octanol–water partition coefficient (Wildman–Crippen LogP) is 6.17. The Labute approximate surface area is 189 Å². The van der Waals surface area contributed by atoms with Crippen LogP contribution in [0.5, 0.6) is 11.5 Å². The summed E-state index contributed by atoms with van der Waals surface area (Å²) >= 11 is 0. The standard InChI is InChI=1S/C16H15F3N2O.C4H7.CH3.U/c17-16(18,19)15-7-6-14(11-20-15)22-13-5-3-4-12(10-13)21-8-1-2-9-21;1-4-2-3-4;;/h3-7,10-11H,1-2,8-9H2;4H,1-3H2;1H3;/q;2*-1;+2. The third-order valence-corrected chi connectivity index (χ3v) is 4.25. The van der Waals surface area contributed by atoms with Gasteiger partial charge in [-0.1, -0.05) is 18.9 Å². The van der Waals surface area contributed by atoms with Gasteiger partial charge in [-0.25, -0.2) is 4.98 Å². The van der Waals surface area contributed by atoms with Crippen molar-refractivity contribution in [3.8, 4) is 11.5 Å². The molecule has 2 aromatic rings. The molecular weight excluding hydrogens is 591 g/mol. The molecule has 3 nitrogen and oxygen atoms in total. The van der Waals surface area contributed by atoms with Crippen LogP contribution in [0.1, 0.15) is 31.4 Å². The van der Waals surface area contributed by atoms with Crippen LogP contribution in [0.3, 0.4) is 0 Å². The van der Waals surface area contributed by atoms with Crippen LogP contribution in [0.2, 0.25) is 0 Å². The zero-order valence-electron chi connectivity index (χ0n) is 16.0. The SMILES string of the molecule is FC(F)(F)c1ccc(Oc2cccc(N3CCCC3)c2)cn1.[CH2-]C1CC1.[CH3-].[U+2]. The Bertz CT molecular complexity index is 712. The van der Waals surface area contributed by atoms with Crippen LogP contribution in [0.25, 0.3) is 0 Å². The van der Waals surface area contributed by atoms with E-state index >= 15 is 0 Å². The van der Waals surface area contributed by atoms with Crippen LogP contribution >= 0.6 is 0 Å². The first-order chi connectivity index (χ1) is 12.4. The monoisotopic (exact) mass is 616 g/mol. The maximum atomic E-state index is 12.5. The first-order valence-electron chi connectivity index (χ1n) is 8.81. The Morgan fingerprint density at radius 2 is 1.68 bits per heavy atom. The van der Waals surface area contributed by atoms with Gasteiger partial charge in [-0.15, -0.1) is 0 Å². The van der Waals surface area contributed by atoms with Crippen LogP contribution in [0, 0.1) is 51.4 Å². The van der Waals surface area contributed by atoms with E-state index in [0.717, 1.165) is 37.0 Å². The van der Waals surface area contributed by atoms with E-state index in [1.54, 1.807) is 6.07 Å². The summed E-state index contributed by atoms with van der Waals surface area (Å²) in [7, 11) is 0. The number of alkyl halides is 3. The number of benzene rings is 1. The van der Waals surface area contributed by atoms with E-state index in [1.807, 2.05) is 18.2 Å². The normalized spacial score (nSPS) is 15.6. The van der Waals surface area contributed by atoms with Crippen molar-refractivity contribution in [2.45, 2.75) is 31.9 Å². The van der Waals surface area contributed by atoms with Gasteiger partial charge in [0.15, 0.2) is 0 Å². The number of rotatable bonds is 3. The zero-order chi connectivity index (χ0) is 18.6. The minimum Gasteiger partial charge on any atom is -0.456 e. The topological polar surface area (TPSA) is 25.4 Å². The third-order valence-electron chi connectivity index (χ3n) is 4.25. The molecule has 0 radical (unpaired) electrons. The number of anilines is 1. The van der Waals surface area contributed by atoms with Crippen molar-refractivity contribution in [2.75, 3.05) is 18.0 Å². The van der Waals surface area contributed by atoms with Gasteiger partial charge in [-0.05, 0) is 37.1 Å². The third kappa shape index (κ3) is 7.68. The van der Waals surface area contributed by atoms with Gasteiger partial charge in [-0.3, -0.25) is 0 Å². The van der Waals surface area contributed by atoms with Gasteiger partial charge in [0.05, 0.1) is 6.20 Å². The number of halogens is 3. The molecule has 0 atom stereocenters. The van der Waals surface area contributed by atoms with Crippen LogP contribution in [0.4, 0.5) is 18.9 Å². The summed E-state index contributed by atoms with van der Waals surface area (Å²) < 4.78 is 43.0. The molecule has 1 aliphatic carbocycles. The zero-order valence-corrected chi connectivity index (χ0v) is 20.2. The van der Waals surface area contributed by atoms with E-state index in [1.165, 1.54) is 31.7 Å². The number of ether oxygens (including phenoxy) is 1. The van der Waals surface area contributed by atoms with Gasteiger partial charge in [-0.2, -0.15) is 19.1 Å². The van der Waals surface area contributed by atoms with Gasteiger partial charge < -0.3 is 24.0 Å². The Hall–Kier alpha value is -1.19. The second-order valence-corrected chi connectivity index (χ2v) is 6.61. The van der Waals surface area contributed by atoms with E-state index in [0.29, 0.717) is 5.75 Å². The largest absolute Gasteiger partial charge is 2.00 e. The second-order valence-electron chi connectivity index (χ2n) is 6.61. The molecular formula is C21H25F3N2OU. The molecule has 1 aliphatic heterocycles. The van der Waals surface area contributed by atoms with Crippen LogP contribution in [-0.2, 0) is 6.18 Å². The van der Waals surface area contributed by atoms with Gasteiger partial charge in [0, 0.05) is 24.8 Å². The molecule has 2 aliphatic rings. The van der Waals surface area contributed by atoms with Crippen molar-refractivity contribution in [3.05, 3.63) is 62.6 Å². The van der Waals surface area contributed by atoms with Crippen LogP contribution < -0.4 is 9.64 Å². The maximum absolute atomic E-state index is 12.5. The predicted molar refractivity (Wildman–Crippen MR) is 102 cm³/mol. The molecule has 1 aromatic carbocycles. The number of pyridine rings is 1. The average Bonchev–Trinajstić information content (AvgIpc) is 3.21. The van der Waals surface area contributed by atoms with E-state index in [4.69, 9.17) is 4.74 Å². The number of aromatic nitrogens is 1. The molecule has 1 saturated carbocycles. The summed E-state index contributed by atoms with van der Waals surface area (Å²) in [4.78, 5) is 5.65. The molecule has 0 unspecified atom stereocenters. The number of hydrogen-bond donors (Lipinski definition) is 0. The summed E-state index contributed by atoms with van der Waals surface area (Å²) in [6, 6.07) is 9.74. The van der Waals surface area contributed by atoms with Crippen molar-refractivity contribution in [3.63, 3.8) is 0 Å². The average molecular weight is 616 g/mol.